The highest BCUT2D eigenvalue weighted by Gasteiger charge is 2.25. The Morgan fingerprint density at radius 1 is 1.61 bits per heavy atom. The van der Waals surface area contributed by atoms with Crippen LogP contribution in [0.25, 0.3) is 0 Å². The zero-order chi connectivity index (χ0) is 13.8. The van der Waals surface area contributed by atoms with Crippen molar-refractivity contribution in [3.63, 3.8) is 0 Å². The summed E-state index contributed by atoms with van der Waals surface area (Å²) in [5, 5.41) is 8.89. The van der Waals surface area contributed by atoms with Crippen LogP contribution in [0.2, 0.25) is 0 Å². The molecule has 1 rings (SSSR count). The van der Waals surface area contributed by atoms with Gasteiger partial charge in [-0.05, 0) is 25.0 Å². The molecule has 7 heteroatoms. The van der Waals surface area contributed by atoms with E-state index in [1.807, 2.05) is 6.92 Å². The molecule has 1 unspecified atom stereocenters. The number of carbonyl (C=O) groups is 1. The molecule has 18 heavy (non-hydrogen) atoms. The van der Waals surface area contributed by atoms with Crippen LogP contribution in [0.5, 0.6) is 0 Å². The molecule has 0 fully saturated rings. The topological polar surface area (TPSA) is 83.5 Å². The van der Waals surface area contributed by atoms with Crippen molar-refractivity contribution in [3.05, 3.63) is 29.7 Å². The van der Waals surface area contributed by atoms with Gasteiger partial charge in [-0.25, -0.2) is 8.42 Å². The normalized spacial score (nSPS) is 13.2. The summed E-state index contributed by atoms with van der Waals surface area (Å²) < 4.78 is 26.2. The lowest BCUT2D eigenvalue weighted by atomic mass is 10.2. The predicted octanol–water partition coefficient (Wildman–Crippen LogP) is 1.62. The average molecular weight is 289 g/mol. The first kappa shape index (κ1) is 14.9. The molecule has 5 nitrogen and oxygen atoms in total. The highest BCUT2D eigenvalue weighted by molar-refractivity contribution is 7.91. The van der Waals surface area contributed by atoms with Gasteiger partial charge in [-0.15, -0.1) is 17.9 Å². The molecule has 0 aliphatic heterocycles. The number of hydrogen-bond donors (Lipinski definition) is 2. The van der Waals surface area contributed by atoms with Gasteiger partial charge in [0, 0.05) is 4.88 Å². The number of carboxylic acids is 1. The van der Waals surface area contributed by atoms with E-state index in [-0.39, 0.29) is 10.6 Å². The van der Waals surface area contributed by atoms with Crippen molar-refractivity contribution in [1.29, 1.82) is 0 Å². The number of nitrogens with one attached hydrogen (secondary N) is 1. The van der Waals surface area contributed by atoms with Crippen molar-refractivity contribution >= 4 is 27.3 Å². The fourth-order valence-corrected chi connectivity index (χ4v) is 3.82. The van der Waals surface area contributed by atoms with E-state index in [1.54, 1.807) is 6.07 Å². The number of carboxylic acid groups (broad SMARTS) is 1. The first-order valence-corrected chi connectivity index (χ1v) is 7.65. The zero-order valence-electron chi connectivity index (χ0n) is 9.92. The molecular weight excluding hydrogens is 274 g/mol. The largest absolute Gasteiger partial charge is 0.480 e. The van der Waals surface area contributed by atoms with Crippen LogP contribution in [0.4, 0.5) is 0 Å². The van der Waals surface area contributed by atoms with Gasteiger partial charge in [0.15, 0.2) is 0 Å². The van der Waals surface area contributed by atoms with Gasteiger partial charge in [0.1, 0.15) is 10.3 Å². The number of sulfonamides is 1. The second kappa shape index (κ2) is 6.12. The fourth-order valence-electron chi connectivity index (χ4n) is 1.30. The molecule has 0 saturated carbocycles. The maximum atomic E-state index is 12.0. The van der Waals surface area contributed by atoms with Crippen LogP contribution in [0.3, 0.4) is 0 Å². The van der Waals surface area contributed by atoms with Gasteiger partial charge in [-0.2, -0.15) is 4.72 Å². The van der Waals surface area contributed by atoms with Gasteiger partial charge in [-0.3, -0.25) is 4.79 Å². The Labute approximate surface area is 110 Å². The molecule has 0 spiro atoms. The van der Waals surface area contributed by atoms with Crippen LogP contribution >= 0.6 is 11.3 Å². The van der Waals surface area contributed by atoms with Crippen LogP contribution < -0.4 is 4.72 Å². The predicted molar refractivity (Wildman–Crippen MR) is 70.3 cm³/mol. The van der Waals surface area contributed by atoms with E-state index in [0.717, 1.165) is 22.6 Å². The number of rotatable bonds is 7. The van der Waals surface area contributed by atoms with Gasteiger partial charge in [0.25, 0.3) is 10.0 Å². The molecule has 2 N–H and O–H groups in total. The molecule has 0 aromatic carbocycles. The van der Waals surface area contributed by atoms with Gasteiger partial charge < -0.3 is 5.11 Å². The summed E-state index contributed by atoms with van der Waals surface area (Å²) in [6.45, 7) is 5.33. The van der Waals surface area contributed by atoms with Crippen LogP contribution in [-0.2, 0) is 21.2 Å². The Kier molecular flexibility index (Phi) is 5.06. The molecule has 0 bridgehead atoms. The third kappa shape index (κ3) is 3.66. The highest BCUT2D eigenvalue weighted by atomic mass is 32.2. The molecule has 0 aliphatic carbocycles. The molecule has 0 radical (unpaired) electrons. The third-order valence-corrected chi connectivity index (χ3v) is 5.44. The maximum Gasteiger partial charge on any atom is 0.322 e. The monoisotopic (exact) mass is 289 g/mol. The minimum atomic E-state index is -3.78. The SMILES string of the molecule is C=CCC(NS(=O)(=O)c1ccc(CC)s1)C(=O)O. The molecule has 1 atom stereocenters. The van der Waals surface area contributed by atoms with Crippen LogP contribution in [-0.4, -0.2) is 25.5 Å². The summed E-state index contributed by atoms with van der Waals surface area (Å²) in [4.78, 5) is 11.8. The Balaban J connectivity index is 2.92. The van der Waals surface area contributed by atoms with E-state index in [4.69, 9.17) is 5.11 Å². The van der Waals surface area contributed by atoms with Crippen molar-refractivity contribution in [2.75, 3.05) is 0 Å². The zero-order valence-corrected chi connectivity index (χ0v) is 11.6. The lowest BCUT2D eigenvalue weighted by molar-refractivity contribution is -0.138. The number of thiophene rings is 1. The quantitative estimate of drug-likeness (QED) is 0.747. The van der Waals surface area contributed by atoms with Crippen molar-refractivity contribution < 1.29 is 18.3 Å². The Bertz CT molecular complexity index is 533. The minimum Gasteiger partial charge on any atom is -0.480 e. The van der Waals surface area contributed by atoms with Gasteiger partial charge in [-0.1, -0.05) is 13.0 Å². The van der Waals surface area contributed by atoms with Gasteiger partial charge >= 0.3 is 5.97 Å². The van der Waals surface area contributed by atoms with Crippen LogP contribution in [0, 0.1) is 0 Å². The highest BCUT2D eigenvalue weighted by Crippen LogP contribution is 2.22. The number of aryl methyl sites for hydroxylation is 1. The average Bonchev–Trinajstić information content (AvgIpc) is 2.77. The summed E-state index contributed by atoms with van der Waals surface area (Å²) in [6, 6.07) is 2.03. The molecular formula is C11H15NO4S2. The van der Waals surface area contributed by atoms with Crippen LogP contribution in [0.1, 0.15) is 18.2 Å². The van der Waals surface area contributed by atoms with E-state index in [9.17, 15) is 13.2 Å². The maximum absolute atomic E-state index is 12.0. The van der Waals surface area contributed by atoms with Crippen LogP contribution in [0.15, 0.2) is 29.0 Å². The molecule has 1 heterocycles. The molecule has 0 amide bonds. The second-order valence-corrected chi connectivity index (χ2v) is 6.72. The standard InChI is InChI=1S/C11H15NO4S2/c1-3-5-9(11(13)14)12-18(15,16)10-7-6-8(4-2)17-10/h3,6-7,9,12H,1,4-5H2,2H3,(H,13,14). The second-order valence-electron chi connectivity index (χ2n) is 3.61. The van der Waals surface area contributed by atoms with E-state index < -0.39 is 22.0 Å². The first-order chi connectivity index (χ1) is 8.40. The number of aliphatic carboxylic acids is 1. The van der Waals surface area contributed by atoms with Gasteiger partial charge in [0.05, 0.1) is 0 Å². The molecule has 0 aliphatic rings. The Morgan fingerprint density at radius 2 is 2.28 bits per heavy atom. The van der Waals surface area contributed by atoms with E-state index in [0.29, 0.717) is 0 Å². The third-order valence-electron chi connectivity index (χ3n) is 2.25. The summed E-state index contributed by atoms with van der Waals surface area (Å²) in [5.41, 5.74) is 0. The fraction of sp³-hybridized carbons (Fsp3) is 0.364. The van der Waals surface area contributed by atoms with E-state index in [2.05, 4.69) is 11.3 Å². The Morgan fingerprint density at radius 3 is 2.72 bits per heavy atom. The summed E-state index contributed by atoms with van der Waals surface area (Å²) in [7, 11) is -3.78. The van der Waals surface area contributed by atoms with Crippen molar-refractivity contribution in [2.24, 2.45) is 0 Å². The van der Waals surface area contributed by atoms with E-state index >= 15 is 0 Å². The summed E-state index contributed by atoms with van der Waals surface area (Å²) in [5.74, 6) is -1.22. The molecule has 100 valence electrons. The lowest BCUT2D eigenvalue weighted by Gasteiger charge is -2.11. The first-order valence-electron chi connectivity index (χ1n) is 5.35. The minimum absolute atomic E-state index is 0.0422. The van der Waals surface area contributed by atoms with Crippen molar-refractivity contribution in [1.82, 2.24) is 4.72 Å². The van der Waals surface area contributed by atoms with Gasteiger partial charge in [0.2, 0.25) is 0 Å². The summed E-state index contributed by atoms with van der Waals surface area (Å²) in [6.07, 6.45) is 2.16. The number of hydrogen-bond acceptors (Lipinski definition) is 4. The molecule has 1 aromatic rings. The Hall–Kier alpha value is -1.18. The van der Waals surface area contributed by atoms with E-state index in [1.165, 1.54) is 12.1 Å². The van der Waals surface area contributed by atoms with Crippen molar-refractivity contribution in [3.8, 4) is 0 Å². The summed E-state index contributed by atoms with van der Waals surface area (Å²) >= 11 is 1.14. The molecule has 0 saturated heterocycles. The lowest BCUT2D eigenvalue weighted by Crippen LogP contribution is -2.40. The smallest absolute Gasteiger partial charge is 0.322 e. The van der Waals surface area contributed by atoms with Crippen molar-refractivity contribution in [2.45, 2.75) is 30.0 Å². The molecule has 1 aromatic heterocycles.